The largest absolute Gasteiger partial charge is 0.356 e. The van der Waals surface area contributed by atoms with Crippen LogP contribution in [0.4, 0.5) is 0 Å². The highest BCUT2D eigenvalue weighted by Crippen LogP contribution is 2.30. The zero-order valence-corrected chi connectivity index (χ0v) is 16.0. The van der Waals surface area contributed by atoms with E-state index in [0.29, 0.717) is 12.3 Å². The molecule has 0 aliphatic heterocycles. The third kappa shape index (κ3) is 4.11. The van der Waals surface area contributed by atoms with Crippen molar-refractivity contribution in [2.45, 2.75) is 45.6 Å². The van der Waals surface area contributed by atoms with Crippen molar-refractivity contribution in [3.05, 3.63) is 54.1 Å². The van der Waals surface area contributed by atoms with Gasteiger partial charge >= 0.3 is 0 Å². The lowest BCUT2D eigenvalue weighted by molar-refractivity contribution is -0.126. The Morgan fingerprint density at radius 2 is 1.96 bits per heavy atom. The van der Waals surface area contributed by atoms with Crippen LogP contribution in [0.3, 0.4) is 0 Å². The van der Waals surface area contributed by atoms with Gasteiger partial charge in [0.2, 0.25) is 5.91 Å². The van der Waals surface area contributed by atoms with Crippen molar-refractivity contribution >= 4 is 5.91 Å². The van der Waals surface area contributed by atoms with Gasteiger partial charge in [-0.3, -0.25) is 4.79 Å². The second-order valence-electron chi connectivity index (χ2n) is 7.37. The molecule has 1 saturated carbocycles. The fourth-order valence-electron chi connectivity index (χ4n) is 3.71. The van der Waals surface area contributed by atoms with E-state index < -0.39 is 0 Å². The van der Waals surface area contributed by atoms with E-state index in [1.807, 2.05) is 37.3 Å². The van der Waals surface area contributed by atoms with E-state index in [-0.39, 0.29) is 11.8 Å². The zero-order chi connectivity index (χ0) is 19.3. The van der Waals surface area contributed by atoms with Gasteiger partial charge in [0.05, 0.1) is 17.0 Å². The molecule has 0 radical (unpaired) electrons. The van der Waals surface area contributed by atoms with Crippen molar-refractivity contribution in [3.8, 4) is 22.6 Å². The van der Waals surface area contributed by atoms with Gasteiger partial charge in [0.25, 0.3) is 0 Å². The van der Waals surface area contributed by atoms with Gasteiger partial charge in [0.1, 0.15) is 6.33 Å². The number of hydrogen-bond acceptors (Lipinski definition) is 5. The number of benzene rings is 1. The van der Waals surface area contributed by atoms with Crippen LogP contribution in [-0.2, 0) is 11.3 Å². The van der Waals surface area contributed by atoms with Gasteiger partial charge < -0.3 is 9.84 Å². The molecule has 2 aromatic heterocycles. The van der Waals surface area contributed by atoms with Crippen LogP contribution in [0.25, 0.3) is 22.6 Å². The summed E-state index contributed by atoms with van der Waals surface area (Å²) in [7, 11) is 0. The van der Waals surface area contributed by atoms with Gasteiger partial charge in [0.15, 0.2) is 5.76 Å². The highest BCUT2D eigenvalue weighted by Gasteiger charge is 2.20. The van der Waals surface area contributed by atoms with E-state index in [4.69, 9.17) is 4.52 Å². The Labute approximate surface area is 164 Å². The summed E-state index contributed by atoms with van der Waals surface area (Å²) in [5.41, 5.74) is 4.45. The standard InChI is InChI=1S/C22H24N4O2/c1-15-11-20(28-26-15)19-13-23-14-25-21(19)17-9-7-16(8-10-17)12-24-22(27)18-5-3-2-4-6-18/h7-11,13-14,18H,2-6,12H2,1H3,(H,24,27). The number of carbonyl (C=O) groups excluding carboxylic acids is 1. The number of hydrogen-bond donors (Lipinski definition) is 1. The highest BCUT2D eigenvalue weighted by molar-refractivity contribution is 5.79. The molecule has 3 aromatic rings. The molecule has 1 aromatic carbocycles. The molecule has 2 heterocycles. The van der Waals surface area contributed by atoms with Gasteiger partial charge in [-0.1, -0.05) is 48.7 Å². The second kappa shape index (κ2) is 8.33. The molecule has 4 rings (SSSR count). The first-order valence-corrected chi connectivity index (χ1v) is 9.81. The highest BCUT2D eigenvalue weighted by atomic mass is 16.5. The molecule has 1 aliphatic rings. The Balaban J connectivity index is 1.46. The van der Waals surface area contributed by atoms with Crippen LogP contribution in [-0.4, -0.2) is 21.0 Å². The number of nitrogens with zero attached hydrogens (tertiary/aromatic N) is 3. The van der Waals surface area contributed by atoms with Gasteiger partial charge in [0, 0.05) is 30.3 Å². The predicted molar refractivity (Wildman–Crippen MR) is 106 cm³/mol. The molecule has 0 saturated heterocycles. The second-order valence-corrected chi connectivity index (χ2v) is 7.37. The summed E-state index contributed by atoms with van der Waals surface area (Å²) < 4.78 is 5.38. The number of rotatable bonds is 5. The van der Waals surface area contributed by atoms with Crippen LogP contribution in [0.2, 0.25) is 0 Å². The average Bonchev–Trinajstić information content (AvgIpc) is 3.19. The van der Waals surface area contributed by atoms with Crippen molar-refractivity contribution in [2.75, 3.05) is 0 Å². The number of aryl methyl sites for hydroxylation is 1. The first-order chi connectivity index (χ1) is 13.7. The van der Waals surface area contributed by atoms with Crippen molar-refractivity contribution in [1.29, 1.82) is 0 Å². The lowest BCUT2D eigenvalue weighted by atomic mass is 9.88. The summed E-state index contributed by atoms with van der Waals surface area (Å²) >= 11 is 0. The summed E-state index contributed by atoms with van der Waals surface area (Å²) in [5.74, 6) is 1.02. The lowest BCUT2D eigenvalue weighted by Crippen LogP contribution is -2.31. The van der Waals surface area contributed by atoms with E-state index in [1.165, 1.54) is 25.6 Å². The minimum Gasteiger partial charge on any atom is -0.356 e. The fourth-order valence-corrected chi connectivity index (χ4v) is 3.71. The molecule has 1 aliphatic carbocycles. The topological polar surface area (TPSA) is 80.9 Å². The van der Waals surface area contributed by atoms with Crippen LogP contribution in [0, 0.1) is 12.8 Å². The predicted octanol–water partition coefficient (Wildman–Crippen LogP) is 4.30. The van der Waals surface area contributed by atoms with Crippen LogP contribution in [0.15, 0.2) is 47.4 Å². The van der Waals surface area contributed by atoms with Gasteiger partial charge in [-0.05, 0) is 25.3 Å². The van der Waals surface area contributed by atoms with Crippen LogP contribution in [0.5, 0.6) is 0 Å². The summed E-state index contributed by atoms with van der Waals surface area (Å²) in [4.78, 5) is 20.9. The van der Waals surface area contributed by atoms with Gasteiger partial charge in [-0.2, -0.15) is 0 Å². The molecule has 6 nitrogen and oxygen atoms in total. The maximum atomic E-state index is 12.3. The Morgan fingerprint density at radius 1 is 1.18 bits per heavy atom. The Morgan fingerprint density at radius 3 is 2.68 bits per heavy atom. The van der Waals surface area contributed by atoms with E-state index in [9.17, 15) is 4.79 Å². The van der Waals surface area contributed by atoms with E-state index in [1.54, 1.807) is 6.20 Å². The molecule has 0 bridgehead atoms. The molecule has 6 heteroatoms. The average molecular weight is 376 g/mol. The minimum absolute atomic E-state index is 0.182. The smallest absolute Gasteiger partial charge is 0.223 e. The normalized spacial score (nSPS) is 14.8. The minimum atomic E-state index is 0.182. The number of amides is 1. The lowest BCUT2D eigenvalue weighted by Gasteiger charge is -2.20. The van der Waals surface area contributed by atoms with Gasteiger partial charge in [-0.15, -0.1) is 0 Å². The number of aromatic nitrogens is 3. The van der Waals surface area contributed by atoms with Crippen molar-refractivity contribution in [3.63, 3.8) is 0 Å². The van der Waals surface area contributed by atoms with Crippen LogP contribution >= 0.6 is 0 Å². The quantitative estimate of drug-likeness (QED) is 0.718. The van der Waals surface area contributed by atoms with E-state index in [0.717, 1.165) is 40.9 Å². The zero-order valence-electron chi connectivity index (χ0n) is 16.0. The molecular formula is C22H24N4O2. The molecule has 0 spiro atoms. The third-order valence-electron chi connectivity index (χ3n) is 5.28. The van der Waals surface area contributed by atoms with E-state index in [2.05, 4.69) is 20.4 Å². The summed E-state index contributed by atoms with van der Waals surface area (Å²) in [6.45, 7) is 2.43. The van der Waals surface area contributed by atoms with Crippen molar-refractivity contribution in [2.24, 2.45) is 5.92 Å². The maximum absolute atomic E-state index is 12.3. The monoisotopic (exact) mass is 376 g/mol. The van der Waals surface area contributed by atoms with Crippen molar-refractivity contribution < 1.29 is 9.32 Å². The Hall–Kier alpha value is -3.02. The molecule has 28 heavy (non-hydrogen) atoms. The molecule has 0 unspecified atom stereocenters. The third-order valence-corrected chi connectivity index (χ3v) is 5.28. The summed E-state index contributed by atoms with van der Waals surface area (Å²) in [6.07, 6.45) is 8.88. The molecular weight excluding hydrogens is 352 g/mol. The number of carbonyl (C=O) groups is 1. The van der Waals surface area contributed by atoms with Crippen LogP contribution in [0.1, 0.15) is 43.4 Å². The molecule has 144 valence electrons. The molecule has 1 amide bonds. The first kappa shape index (κ1) is 18.3. The van der Waals surface area contributed by atoms with Crippen LogP contribution < -0.4 is 5.32 Å². The Kier molecular flexibility index (Phi) is 5.46. The van der Waals surface area contributed by atoms with Gasteiger partial charge in [-0.25, -0.2) is 9.97 Å². The molecule has 1 fully saturated rings. The maximum Gasteiger partial charge on any atom is 0.223 e. The SMILES string of the molecule is Cc1cc(-c2cncnc2-c2ccc(CNC(=O)C3CCCCC3)cc2)on1. The first-order valence-electron chi connectivity index (χ1n) is 9.81. The fraction of sp³-hybridized carbons (Fsp3) is 0.364. The number of nitrogens with one attached hydrogen (secondary N) is 1. The van der Waals surface area contributed by atoms with E-state index >= 15 is 0 Å². The summed E-state index contributed by atoms with van der Waals surface area (Å²) in [5, 5.41) is 7.03. The summed E-state index contributed by atoms with van der Waals surface area (Å²) in [6, 6.07) is 9.94. The Bertz CT molecular complexity index is 943. The molecule has 1 N–H and O–H groups in total. The molecule has 0 atom stereocenters. The van der Waals surface area contributed by atoms with Crippen molar-refractivity contribution in [1.82, 2.24) is 20.4 Å².